The quantitative estimate of drug-likeness (QED) is 0.554. The number of aromatic hydroxyl groups is 1. The third-order valence-electron chi connectivity index (χ3n) is 3.52. The van der Waals surface area contributed by atoms with Crippen LogP contribution in [0, 0.1) is 0 Å². The molecular weight excluding hydrogens is 250 g/mol. The second-order valence-electron chi connectivity index (χ2n) is 4.72. The van der Waals surface area contributed by atoms with Crippen LogP contribution < -0.4 is 0 Å². The minimum atomic E-state index is 0.264. The Balaban J connectivity index is 2.13. The fourth-order valence-corrected chi connectivity index (χ4v) is 2.57. The van der Waals surface area contributed by atoms with Crippen molar-refractivity contribution >= 4 is 21.9 Å². The lowest BCUT2D eigenvalue weighted by atomic mass is 9.97. The highest BCUT2D eigenvalue weighted by molar-refractivity contribution is 6.10. The Bertz CT molecular complexity index is 907. The molecule has 0 aliphatic rings. The summed E-state index contributed by atoms with van der Waals surface area (Å²) in [5.41, 5.74) is 3.78. The lowest BCUT2D eigenvalue weighted by Crippen LogP contribution is -1.83. The van der Waals surface area contributed by atoms with Gasteiger partial charge in [0.05, 0.1) is 0 Å². The van der Waals surface area contributed by atoms with E-state index in [0.29, 0.717) is 0 Å². The van der Waals surface area contributed by atoms with E-state index in [-0.39, 0.29) is 5.75 Å². The molecule has 4 aromatic rings. The van der Waals surface area contributed by atoms with Gasteiger partial charge in [-0.3, -0.25) is 0 Å². The van der Waals surface area contributed by atoms with Gasteiger partial charge in [0, 0.05) is 5.39 Å². The zero-order valence-corrected chi connectivity index (χ0v) is 10.6. The van der Waals surface area contributed by atoms with E-state index in [0.717, 1.165) is 33.0 Å². The number of phenolic OH excluding ortho intramolecular Hbond substituents is 1. The van der Waals surface area contributed by atoms with Crippen molar-refractivity contribution in [1.82, 2.24) is 4.98 Å². The Kier molecular flexibility index (Phi) is 2.27. The minimum absolute atomic E-state index is 0.264. The molecule has 0 spiro atoms. The lowest BCUT2D eigenvalue weighted by molar-refractivity contribution is 0.475. The summed E-state index contributed by atoms with van der Waals surface area (Å²) >= 11 is 0. The molecule has 0 aliphatic heterocycles. The largest absolute Gasteiger partial charge is 0.508 e. The van der Waals surface area contributed by atoms with Crippen molar-refractivity contribution in [3.63, 3.8) is 0 Å². The van der Waals surface area contributed by atoms with Crippen molar-refractivity contribution in [3.8, 4) is 16.9 Å². The maximum absolute atomic E-state index is 9.43. The first-order chi connectivity index (χ1) is 9.83. The third kappa shape index (κ3) is 1.57. The molecule has 3 aromatic carbocycles. The SMILES string of the molecule is Oc1ccc(-c2cc3ncoc3c3ccccc23)cc1. The summed E-state index contributed by atoms with van der Waals surface area (Å²) in [7, 11) is 0. The number of benzene rings is 3. The first-order valence-corrected chi connectivity index (χ1v) is 6.37. The number of nitrogens with zero attached hydrogens (tertiary/aromatic N) is 1. The van der Waals surface area contributed by atoms with Gasteiger partial charge in [-0.05, 0) is 34.7 Å². The molecule has 4 rings (SSSR count). The van der Waals surface area contributed by atoms with Gasteiger partial charge >= 0.3 is 0 Å². The fourth-order valence-electron chi connectivity index (χ4n) is 2.57. The van der Waals surface area contributed by atoms with E-state index >= 15 is 0 Å². The van der Waals surface area contributed by atoms with Gasteiger partial charge in [-0.25, -0.2) is 4.98 Å². The second-order valence-corrected chi connectivity index (χ2v) is 4.72. The summed E-state index contributed by atoms with van der Waals surface area (Å²) in [6.45, 7) is 0. The number of aromatic nitrogens is 1. The maximum atomic E-state index is 9.43. The number of fused-ring (bicyclic) bond motifs is 3. The summed E-state index contributed by atoms with van der Waals surface area (Å²) in [6.07, 6.45) is 1.47. The monoisotopic (exact) mass is 261 g/mol. The van der Waals surface area contributed by atoms with E-state index in [1.165, 1.54) is 6.39 Å². The van der Waals surface area contributed by atoms with Gasteiger partial charge in [0.25, 0.3) is 0 Å². The van der Waals surface area contributed by atoms with Gasteiger partial charge in [0.1, 0.15) is 11.3 Å². The van der Waals surface area contributed by atoms with E-state index in [9.17, 15) is 5.11 Å². The summed E-state index contributed by atoms with van der Waals surface area (Å²) in [4.78, 5) is 4.26. The highest BCUT2D eigenvalue weighted by Crippen LogP contribution is 2.34. The molecule has 0 unspecified atom stereocenters. The molecule has 0 atom stereocenters. The molecule has 3 nitrogen and oxygen atoms in total. The highest BCUT2D eigenvalue weighted by atomic mass is 16.3. The molecule has 1 heterocycles. The van der Waals surface area contributed by atoms with E-state index in [4.69, 9.17) is 4.42 Å². The first-order valence-electron chi connectivity index (χ1n) is 6.37. The summed E-state index contributed by atoms with van der Waals surface area (Å²) < 4.78 is 5.49. The molecular formula is C17H11NO2. The van der Waals surface area contributed by atoms with Crippen LogP contribution in [0.2, 0.25) is 0 Å². The average molecular weight is 261 g/mol. The summed E-state index contributed by atoms with van der Waals surface area (Å²) in [5, 5.41) is 11.6. The van der Waals surface area contributed by atoms with Crippen molar-refractivity contribution in [2.45, 2.75) is 0 Å². The number of rotatable bonds is 1. The normalized spacial score (nSPS) is 11.2. The van der Waals surface area contributed by atoms with E-state index in [2.05, 4.69) is 11.1 Å². The highest BCUT2D eigenvalue weighted by Gasteiger charge is 2.10. The van der Waals surface area contributed by atoms with Crippen LogP contribution in [0.5, 0.6) is 5.75 Å². The molecule has 0 radical (unpaired) electrons. The van der Waals surface area contributed by atoms with Crippen LogP contribution >= 0.6 is 0 Å². The van der Waals surface area contributed by atoms with E-state index in [1.807, 2.05) is 36.4 Å². The van der Waals surface area contributed by atoms with Crippen LogP contribution in [0.1, 0.15) is 0 Å². The molecule has 0 saturated heterocycles. The van der Waals surface area contributed by atoms with Crippen LogP contribution in [0.3, 0.4) is 0 Å². The van der Waals surface area contributed by atoms with Gasteiger partial charge in [-0.15, -0.1) is 0 Å². The van der Waals surface area contributed by atoms with Gasteiger partial charge in [-0.2, -0.15) is 0 Å². The molecule has 0 saturated carbocycles. The molecule has 0 amide bonds. The molecule has 1 aromatic heterocycles. The fraction of sp³-hybridized carbons (Fsp3) is 0. The Morgan fingerprint density at radius 1 is 0.900 bits per heavy atom. The molecule has 0 fully saturated rings. The van der Waals surface area contributed by atoms with Crippen LogP contribution in [0.4, 0.5) is 0 Å². The Labute approximate surface area is 115 Å². The average Bonchev–Trinajstić information content (AvgIpc) is 2.96. The lowest BCUT2D eigenvalue weighted by Gasteiger charge is -2.07. The number of hydrogen-bond donors (Lipinski definition) is 1. The Morgan fingerprint density at radius 2 is 1.65 bits per heavy atom. The van der Waals surface area contributed by atoms with Crippen molar-refractivity contribution in [2.75, 3.05) is 0 Å². The molecule has 20 heavy (non-hydrogen) atoms. The standard InChI is InChI=1S/C17H11NO2/c19-12-7-5-11(6-8-12)15-9-16-17(20-10-18-16)14-4-2-1-3-13(14)15/h1-10,19H. The van der Waals surface area contributed by atoms with Gasteiger partial charge in [-0.1, -0.05) is 36.4 Å². The van der Waals surface area contributed by atoms with E-state index in [1.54, 1.807) is 12.1 Å². The van der Waals surface area contributed by atoms with Gasteiger partial charge in [0.2, 0.25) is 0 Å². The van der Waals surface area contributed by atoms with Crippen LogP contribution in [-0.2, 0) is 0 Å². The topological polar surface area (TPSA) is 46.3 Å². The minimum Gasteiger partial charge on any atom is -0.508 e. The van der Waals surface area contributed by atoms with Crippen molar-refractivity contribution in [3.05, 3.63) is 61.0 Å². The maximum Gasteiger partial charge on any atom is 0.182 e. The summed E-state index contributed by atoms with van der Waals surface area (Å²) in [5.74, 6) is 0.264. The zero-order valence-electron chi connectivity index (χ0n) is 10.6. The Hall–Kier alpha value is -2.81. The van der Waals surface area contributed by atoms with Crippen LogP contribution in [0.15, 0.2) is 65.4 Å². The molecule has 1 N–H and O–H groups in total. The molecule has 96 valence electrons. The van der Waals surface area contributed by atoms with Crippen LogP contribution in [0.25, 0.3) is 33.0 Å². The third-order valence-corrected chi connectivity index (χ3v) is 3.52. The van der Waals surface area contributed by atoms with E-state index < -0.39 is 0 Å². The number of hydrogen-bond acceptors (Lipinski definition) is 3. The molecule has 0 aliphatic carbocycles. The van der Waals surface area contributed by atoms with Crippen molar-refractivity contribution < 1.29 is 9.52 Å². The van der Waals surface area contributed by atoms with Gasteiger partial charge < -0.3 is 9.52 Å². The second kappa shape index (κ2) is 4.10. The molecule has 0 bridgehead atoms. The van der Waals surface area contributed by atoms with Crippen LogP contribution in [-0.4, -0.2) is 10.1 Å². The smallest absolute Gasteiger partial charge is 0.182 e. The molecule has 3 heteroatoms. The predicted molar refractivity (Wildman–Crippen MR) is 78.6 cm³/mol. The first kappa shape index (κ1) is 11.1. The van der Waals surface area contributed by atoms with Crippen molar-refractivity contribution in [2.24, 2.45) is 0 Å². The Morgan fingerprint density at radius 3 is 2.45 bits per heavy atom. The summed E-state index contributed by atoms with van der Waals surface area (Å²) in [6, 6.07) is 17.3. The van der Waals surface area contributed by atoms with Crippen molar-refractivity contribution in [1.29, 1.82) is 0 Å². The van der Waals surface area contributed by atoms with Gasteiger partial charge in [0.15, 0.2) is 12.0 Å². The zero-order chi connectivity index (χ0) is 13.5. The predicted octanol–water partition coefficient (Wildman–Crippen LogP) is 4.35. The number of oxazole rings is 1. The number of phenols is 1.